The van der Waals surface area contributed by atoms with Crippen LogP contribution >= 0.6 is 0 Å². The Morgan fingerprint density at radius 3 is 2.42 bits per heavy atom. The Morgan fingerprint density at radius 2 is 1.79 bits per heavy atom. The zero-order chi connectivity index (χ0) is 14.4. The smallest absolute Gasteiger partial charge is 0.234 e. The van der Waals surface area contributed by atoms with Gasteiger partial charge in [0.25, 0.3) is 0 Å². The molecule has 106 valence electrons. The maximum absolute atomic E-state index is 11.4. The lowest BCUT2D eigenvalue weighted by atomic mass is 10.1. The van der Waals surface area contributed by atoms with Gasteiger partial charge >= 0.3 is 0 Å². The molecule has 4 heteroatoms. The van der Waals surface area contributed by atoms with Gasteiger partial charge in [-0.05, 0) is 49.9 Å². The number of hydrogen-bond acceptors (Lipinski definition) is 3. The summed E-state index contributed by atoms with van der Waals surface area (Å²) in [5, 5.41) is 1.65. The molecule has 0 aliphatic carbocycles. The van der Waals surface area contributed by atoms with Crippen molar-refractivity contribution in [2.75, 3.05) is 20.7 Å². The van der Waals surface area contributed by atoms with Gasteiger partial charge < -0.3 is 4.74 Å². The van der Waals surface area contributed by atoms with Crippen LogP contribution in [0.25, 0.3) is 0 Å². The van der Waals surface area contributed by atoms with Gasteiger partial charge in [-0.1, -0.05) is 6.07 Å². The van der Waals surface area contributed by atoms with Gasteiger partial charge in [-0.25, -0.2) is 5.01 Å². The molecule has 0 atom stereocenters. The highest BCUT2D eigenvalue weighted by Crippen LogP contribution is 2.22. The molecule has 0 radical (unpaired) electrons. The lowest BCUT2D eigenvalue weighted by molar-refractivity contribution is -0.125. The van der Waals surface area contributed by atoms with Crippen molar-refractivity contribution < 1.29 is 9.53 Å². The lowest BCUT2D eigenvalue weighted by Crippen LogP contribution is -2.36. The van der Waals surface area contributed by atoms with Crippen LogP contribution in [0.2, 0.25) is 0 Å². The van der Waals surface area contributed by atoms with Crippen molar-refractivity contribution >= 4 is 5.91 Å². The molecule has 0 unspecified atom stereocenters. The monoisotopic (exact) mass is 264 g/mol. The highest BCUT2D eigenvalue weighted by molar-refractivity contribution is 5.75. The molecular formula is C15H24N2O2. The van der Waals surface area contributed by atoms with Gasteiger partial charge in [0.15, 0.2) is 0 Å². The fourth-order valence-electron chi connectivity index (χ4n) is 1.81. The number of nitrogens with one attached hydrogen (secondary N) is 1. The van der Waals surface area contributed by atoms with Gasteiger partial charge in [0.2, 0.25) is 5.91 Å². The predicted octanol–water partition coefficient (Wildman–Crippen LogP) is 2.36. The van der Waals surface area contributed by atoms with Gasteiger partial charge in [-0.2, -0.15) is 0 Å². The molecule has 0 saturated heterocycles. The molecule has 1 aromatic rings. The number of benzene rings is 1. The maximum atomic E-state index is 11.4. The molecule has 0 saturated carbocycles. The van der Waals surface area contributed by atoms with Crippen molar-refractivity contribution in [2.45, 2.75) is 33.6 Å². The maximum Gasteiger partial charge on any atom is 0.234 e. The van der Waals surface area contributed by atoms with Crippen LogP contribution in [0.15, 0.2) is 12.1 Å². The molecule has 0 spiro atoms. The van der Waals surface area contributed by atoms with E-state index in [2.05, 4.69) is 31.4 Å². The van der Waals surface area contributed by atoms with Gasteiger partial charge in [-0.3, -0.25) is 10.2 Å². The Hall–Kier alpha value is -1.55. The van der Waals surface area contributed by atoms with E-state index >= 15 is 0 Å². The first-order chi connectivity index (χ1) is 8.90. The standard InChI is InChI=1S/C15H24N2O2/c1-11-9-13(3)14(10-12(11)2)19-8-6-7-15(18)16-17(4)5/h9-10H,6-8H2,1-5H3,(H,16,18). The van der Waals surface area contributed by atoms with E-state index < -0.39 is 0 Å². The van der Waals surface area contributed by atoms with Crippen LogP contribution in [0.5, 0.6) is 5.75 Å². The van der Waals surface area contributed by atoms with E-state index in [4.69, 9.17) is 4.74 Å². The summed E-state index contributed by atoms with van der Waals surface area (Å²) < 4.78 is 5.73. The number of hydrazine groups is 1. The largest absolute Gasteiger partial charge is 0.493 e. The number of ether oxygens (including phenoxy) is 1. The number of rotatable bonds is 6. The normalized spacial score (nSPS) is 10.6. The van der Waals surface area contributed by atoms with Crippen LogP contribution in [0.3, 0.4) is 0 Å². The summed E-state index contributed by atoms with van der Waals surface area (Å²) in [7, 11) is 3.60. The Labute approximate surface area is 115 Å². The van der Waals surface area contributed by atoms with E-state index in [0.29, 0.717) is 19.4 Å². The Bertz CT molecular complexity index is 442. The zero-order valence-electron chi connectivity index (χ0n) is 12.5. The summed E-state index contributed by atoms with van der Waals surface area (Å²) in [4.78, 5) is 11.4. The SMILES string of the molecule is Cc1cc(C)c(OCCCC(=O)NN(C)C)cc1C. The van der Waals surface area contributed by atoms with Crippen molar-refractivity contribution in [1.82, 2.24) is 10.4 Å². The lowest BCUT2D eigenvalue weighted by Gasteiger charge is -2.13. The van der Waals surface area contributed by atoms with E-state index in [1.165, 1.54) is 11.1 Å². The second-order valence-electron chi connectivity index (χ2n) is 5.08. The van der Waals surface area contributed by atoms with Crippen molar-refractivity contribution in [3.8, 4) is 5.75 Å². The Balaban J connectivity index is 2.38. The Kier molecular flexibility index (Phi) is 5.83. The first-order valence-corrected chi connectivity index (χ1v) is 6.57. The van der Waals surface area contributed by atoms with Gasteiger partial charge in [0, 0.05) is 20.5 Å². The Morgan fingerprint density at radius 1 is 1.16 bits per heavy atom. The van der Waals surface area contributed by atoms with Crippen molar-refractivity contribution in [3.05, 3.63) is 28.8 Å². The topological polar surface area (TPSA) is 41.6 Å². The molecule has 0 fully saturated rings. The van der Waals surface area contributed by atoms with Gasteiger partial charge in [0.05, 0.1) is 6.61 Å². The fourth-order valence-corrected chi connectivity index (χ4v) is 1.81. The zero-order valence-corrected chi connectivity index (χ0v) is 12.5. The molecule has 1 N–H and O–H groups in total. The molecular weight excluding hydrogens is 240 g/mol. The second kappa shape index (κ2) is 7.14. The van der Waals surface area contributed by atoms with Crippen molar-refractivity contribution in [1.29, 1.82) is 0 Å². The average Bonchev–Trinajstić information content (AvgIpc) is 2.30. The van der Waals surface area contributed by atoms with Crippen molar-refractivity contribution in [2.24, 2.45) is 0 Å². The van der Waals surface area contributed by atoms with E-state index in [1.807, 2.05) is 6.92 Å². The number of hydrogen-bond donors (Lipinski definition) is 1. The minimum absolute atomic E-state index is 0.0189. The number of carbonyl (C=O) groups excluding carboxylic acids is 1. The molecule has 0 aliphatic heterocycles. The number of amides is 1. The summed E-state index contributed by atoms with van der Waals surface area (Å²) in [5.41, 5.74) is 6.35. The highest BCUT2D eigenvalue weighted by Gasteiger charge is 2.05. The van der Waals surface area contributed by atoms with Gasteiger partial charge in [0.1, 0.15) is 5.75 Å². The first kappa shape index (κ1) is 15.5. The van der Waals surface area contributed by atoms with E-state index in [0.717, 1.165) is 11.3 Å². The minimum Gasteiger partial charge on any atom is -0.493 e. The average molecular weight is 264 g/mol. The number of aryl methyl sites for hydroxylation is 3. The van der Waals surface area contributed by atoms with Crippen LogP contribution < -0.4 is 10.2 Å². The summed E-state index contributed by atoms with van der Waals surface area (Å²) in [6.45, 7) is 6.77. The van der Waals surface area contributed by atoms with Crippen molar-refractivity contribution in [3.63, 3.8) is 0 Å². The summed E-state index contributed by atoms with van der Waals surface area (Å²) in [6.07, 6.45) is 1.19. The van der Waals surface area contributed by atoms with E-state index in [-0.39, 0.29) is 5.91 Å². The third-order valence-corrected chi connectivity index (χ3v) is 2.95. The third kappa shape index (κ3) is 5.30. The summed E-state index contributed by atoms with van der Waals surface area (Å²) in [5.74, 6) is 0.932. The predicted molar refractivity (Wildman–Crippen MR) is 77.2 cm³/mol. The van der Waals surface area contributed by atoms with E-state index in [9.17, 15) is 4.79 Å². The first-order valence-electron chi connectivity index (χ1n) is 6.57. The van der Waals surface area contributed by atoms with Crippen LogP contribution in [0.1, 0.15) is 29.5 Å². The molecule has 0 bridgehead atoms. The second-order valence-corrected chi connectivity index (χ2v) is 5.08. The van der Waals surface area contributed by atoms with E-state index in [1.54, 1.807) is 19.1 Å². The van der Waals surface area contributed by atoms with Gasteiger partial charge in [-0.15, -0.1) is 0 Å². The molecule has 0 heterocycles. The number of carbonyl (C=O) groups is 1. The molecule has 1 amide bonds. The molecule has 0 aromatic heterocycles. The summed E-state index contributed by atoms with van der Waals surface area (Å²) >= 11 is 0. The highest BCUT2D eigenvalue weighted by atomic mass is 16.5. The number of nitrogens with zero attached hydrogens (tertiary/aromatic N) is 1. The van der Waals surface area contributed by atoms with Crippen LogP contribution in [0, 0.1) is 20.8 Å². The van der Waals surface area contributed by atoms with Crippen LogP contribution in [0.4, 0.5) is 0 Å². The third-order valence-electron chi connectivity index (χ3n) is 2.95. The fraction of sp³-hybridized carbons (Fsp3) is 0.533. The molecule has 0 aliphatic rings. The molecule has 1 rings (SSSR count). The quantitative estimate of drug-likeness (QED) is 0.633. The minimum atomic E-state index is 0.0189. The molecule has 1 aromatic carbocycles. The van der Waals surface area contributed by atoms with Crippen LogP contribution in [-0.2, 0) is 4.79 Å². The molecule has 4 nitrogen and oxygen atoms in total. The summed E-state index contributed by atoms with van der Waals surface area (Å²) in [6, 6.07) is 4.19. The molecule has 19 heavy (non-hydrogen) atoms. The van der Waals surface area contributed by atoms with Crippen LogP contribution in [-0.4, -0.2) is 31.6 Å².